The molecule has 0 radical (unpaired) electrons. The van der Waals surface area contributed by atoms with Gasteiger partial charge in [0, 0.05) is 32.5 Å². The van der Waals surface area contributed by atoms with Crippen LogP contribution in [-0.4, -0.2) is 34.3 Å². The van der Waals surface area contributed by atoms with E-state index in [9.17, 15) is 4.79 Å². The molecule has 0 saturated carbocycles. The zero-order chi connectivity index (χ0) is 14.4. The van der Waals surface area contributed by atoms with Crippen LogP contribution in [0.2, 0.25) is 0 Å². The molecule has 2 heterocycles. The SMILES string of the molecule is CNC(=O)c1cccc(NC[C@H](C)Cn2cccn2)n1. The maximum Gasteiger partial charge on any atom is 0.269 e. The zero-order valence-corrected chi connectivity index (χ0v) is 11.7. The Labute approximate surface area is 118 Å². The van der Waals surface area contributed by atoms with Crippen molar-refractivity contribution in [3.05, 3.63) is 42.4 Å². The molecule has 0 aliphatic rings. The Kier molecular flexibility index (Phi) is 4.70. The van der Waals surface area contributed by atoms with Crippen LogP contribution in [0.3, 0.4) is 0 Å². The average Bonchev–Trinajstić information content (AvgIpc) is 2.97. The molecule has 2 rings (SSSR count). The topological polar surface area (TPSA) is 71.8 Å². The minimum Gasteiger partial charge on any atom is -0.370 e. The fourth-order valence-electron chi connectivity index (χ4n) is 1.86. The largest absolute Gasteiger partial charge is 0.370 e. The van der Waals surface area contributed by atoms with Crippen molar-refractivity contribution >= 4 is 11.7 Å². The molecule has 0 bridgehead atoms. The highest BCUT2D eigenvalue weighted by Gasteiger charge is 2.07. The number of pyridine rings is 1. The highest BCUT2D eigenvalue weighted by molar-refractivity contribution is 5.92. The Morgan fingerprint density at radius 3 is 2.95 bits per heavy atom. The second kappa shape index (κ2) is 6.70. The maximum absolute atomic E-state index is 11.5. The van der Waals surface area contributed by atoms with Crippen LogP contribution in [0.25, 0.3) is 0 Å². The lowest BCUT2D eigenvalue weighted by Crippen LogP contribution is -2.21. The fourth-order valence-corrected chi connectivity index (χ4v) is 1.86. The monoisotopic (exact) mass is 273 g/mol. The van der Waals surface area contributed by atoms with Gasteiger partial charge in [-0.25, -0.2) is 4.98 Å². The molecule has 0 aliphatic heterocycles. The van der Waals surface area contributed by atoms with Gasteiger partial charge in [-0.3, -0.25) is 9.48 Å². The first-order valence-electron chi connectivity index (χ1n) is 6.59. The van der Waals surface area contributed by atoms with E-state index < -0.39 is 0 Å². The highest BCUT2D eigenvalue weighted by Crippen LogP contribution is 2.07. The van der Waals surface area contributed by atoms with Gasteiger partial charge in [-0.05, 0) is 24.1 Å². The molecule has 0 saturated heterocycles. The first-order valence-corrected chi connectivity index (χ1v) is 6.59. The number of aromatic nitrogens is 3. The summed E-state index contributed by atoms with van der Waals surface area (Å²) >= 11 is 0. The van der Waals surface area contributed by atoms with Crippen molar-refractivity contribution in [2.45, 2.75) is 13.5 Å². The quantitative estimate of drug-likeness (QED) is 0.834. The molecule has 0 fully saturated rings. The molecule has 0 spiro atoms. The van der Waals surface area contributed by atoms with E-state index in [1.165, 1.54) is 0 Å². The second-order valence-corrected chi connectivity index (χ2v) is 4.70. The van der Waals surface area contributed by atoms with E-state index in [1.54, 1.807) is 19.3 Å². The van der Waals surface area contributed by atoms with Crippen molar-refractivity contribution in [2.75, 3.05) is 18.9 Å². The van der Waals surface area contributed by atoms with E-state index in [0.717, 1.165) is 13.1 Å². The maximum atomic E-state index is 11.5. The van der Waals surface area contributed by atoms with Gasteiger partial charge in [0.05, 0.1) is 0 Å². The molecule has 6 nitrogen and oxygen atoms in total. The third-order valence-electron chi connectivity index (χ3n) is 2.90. The van der Waals surface area contributed by atoms with Gasteiger partial charge < -0.3 is 10.6 Å². The van der Waals surface area contributed by atoms with Crippen LogP contribution in [0.4, 0.5) is 5.82 Å². The van der Waals surface area contributed by atoms with Gasteiger partial charge in [0.1, 0.15) is 11.5 Å². The first kappa shape index (κ1) is 14.0. The third kappa shape index (κ3) is 3.81. The molecule has 2 aromatic heterocycles. The predicted molar refractivity (Wildman–Crippen MR) is 77.5 cm³/mol. The predicted octanol–water partition coefficient (Wildman–Crippen LogP) is 1.39. The Bertz CT molecular complexity index is 552. The Balaban J connectivity index is 1.88. The summed E-state index contributed by atoms with van der Waals surface area (Å²) in [5.74, 6) is 0.928. The normalized spacial score (nSPS) is 11.9. The lowest BCUT2D eigenvalue weighted by Gasteiger charge is -2.13. The number of carbonyl (C=O) groups excluding carboxylic acids is 1. The van der Waals surface area contributed by atoms with E-state index in [-0.39, 0.29) is 5.91 Å². The van der Waals surface area contributed by atoms with Gasteiger partial charge in [-0.15, -0.1) is 0 Å². The Hall–Kier alpha value is -2.37. The average molecular weight is 273 g/mol. The molecule has 0 unspecified atom stereocenters. The van der Waals surface area contributed by atoms with Crippen molar-refractivity contribution in [3.63, 3.8) is 0 Å². The van der Waals surface area contributed by atoms with E-state index in [2.05, 4.69) is 27.6 Å². The summed E-state index contributed by atoms with van der Waals surface area (Å²) in [6.07, 6.45) is 3.72. The van der Waals surface area contributed by atoms with Gasteiger partial charge in [-0.2, -0.15) is 5.10 Å². The molecule has 2 aromatic rings. The summed E-state index contributed by atoms with van der Waals surface area (Å²) in [7, 11) is 1.59. The Morgan fingerprint density at radius 1 is 1.40 bits per heavy atom. The van der Waals surface area contributed by atoms with Crippen LogP contribution >= 0.6 is 0 Å². The van der Waals surface area contributed by atoms with Crippen LogP contribution in [0.15, 0.2) is 36.7 Å². The van der Waals surface area contributed by atoms with Crippen LogP contribution in [-0.2, 0) is 6.54 Å². The van der Waals surface area contributed by atoms with E-state index in [4.69, 9.17) is 0 Å². The number of amides is 1. The van der Waals surface area contributed by atoms with E-state index >= 15 is 0 Å². The molecular formula is C14H19N5O. The van der Waals surface area contributed by atoms with Crippen LogP contribution < -0.4 is 10.6 Å². The summed E-state index contributed by atoms with van der Waals surface area (Å²) in [4.78, 5) is 15.8. The van der Waals surface area contributed by atoms with Crippen molar-refractivity contribution in [3.8, 4) is 0 Å². The number of anilines is 1. The summed E-state index contributed by atoms with van der Waals surface area (Å²) in [5.41, 5.74) is 0.414. The lowest BCUT2D eigenvalue weighted by molar-refractivity contribution is 0.0958. The van der Waals surface area contributed by atoms with Gasteiger partial charge in [0.2, 0.25) is 0 Å². The van der Waals surface area contributed by atoms with Crippen molar-refractivity contribution < 1.29 is 4.79 Å². The van der Waals surface area contributed by atoms with Crippen molar-refractivity contribution in [1.82, 2.24) is 20.1 Å². The van der Waals surface area contributed by atoms with E-state index in [1.807, 2.05) is 29.1 Å². The lowest BCUT2D eigenvalue weighted by atomic mass is 10.2. The fraction of sp³-hybridized carbons (Fsp3) is 0.357. The first-order chi connectivity index (χ1) is 9.69. The Morgan fingerprint density at radius 2 is 2.25 bits per heavy atom. The smallest absolute Gasteiger partial charge is 0.269 e. The third-order valence-corrected chi connectivity index (χ3v) is 2.90. The number of nitrogens with zero attached hydrogens (tertiary/aromatic N) is 3. The minimum atomic E-state index is -0.182. The summed E-state index contributed by atoms with van der Waals surface area (Å²) in [6, 6.07) is 7.27. The van der Waals surface area contributed by atoms with E-state index in [0.29, 0.717) is 17.4 Å². The minimum absolute atomic E-state index is 0.182. The van der Waals surface area contributed by atoms with Crippen LogP contribution in [0.5, 0.6) is 0 Å². The second-order valence-electron chi connectivity index (χ2n) is 4.70. The number of carbonyl (C=O) groups is 1. The zero-order valence-electron chi connectivity index (χ0n) is 11.7. The number of rotatable bonds is 6. The number of hydrogen-bond donors (Lipinski definition) is 2. The molecule has 1 amide bonds. The molecule has 1 atom stereocenters. The van der Waals surface area contributed by atoms with Crippen LogP contribution in [0, 0.1) is 5.92 Å². The summed E-state index contributed by atoms with van der Waals surface area (Å²) < 4.78 is 1.90. The van der Waals surface area contributed by atoms with Crippen molar-refractivity contribution in [1.29, 1.82) is 0 Å². The molecular weight excluding hydrogens is 254 g/mol. The van der Waals surface area contributed by atoms with Gasteiger partial charge in [0.25, 0.3) is 5.91 Å². The van der Waals surface area contributed by atoms with Crippen molar-refractivity contribution in [2.24, 2.45) is 5.92 Å². The standard InChI is InChI=1S/C14H19N5O/c1-11(10-19-8-4-7-17-19)9-16-13-6-3-5-12(18-13)14(20)15-2/h3-8,11H,9-10H2,1-2H3,(H,15,20)(H,16,18)/t11-/m0/s1. The molecule has 20 heavy (non-hydrogen) atoms. The van der Waals surface area contributed by atoms with Gasteiger partial charge >= 0.3 is 0 Å². The molecule has 106 valence electrons. The van der Waals surface area contributed by atoms with Crippen LogP contribution in [0.1, 0.15) is 17.4 Å². The molecule has 0 aliphatic carbocycles. The van der Waals surface area contributed by atoms with Gasteiger partial charge in [-0.1, -0.05) is 13.0 Å². The molecule has 6 heteroatoms. The number of hydrogen-bond acceptors (Lipinski definition) is 4. The highest BCUT2D eigenvalue weighted by atomic mass is 16.1. The molecule has 0 aromatic carbocycles. The molecule has 2 N–H and O–H groups in total. The summed E-state index contributed by atoms with van der Waals surface area (Å²) in [6.45, 7) is 3.75. The summed E-state index contributed by atoms with van der Waals surface area (Å²) in [5, 5.41) is 9.99. The van der Waals surface area contributed by atoms with Gasteiger partial charge in [0.15, 0.2) is 0 Å². The number of nitrogens with one attached hydrogen (secondary N) is 2.